The van der Waals surface area contributed by atoms with Crippen molar-refractivity contribution < 1.29 is 24.2 Å². The quantitative estimate of drug-likeness (QED) is 0.785. The number of benzene rings is 2. The lowest BCUT2D eigenvalue weighted by Crippen LogP contribution is -2.44. The number of hydrogen-bond acceptors (Lipinski definition) is 4. The van der Waals surface area contributed by atoms with E-state index >= 15 is 0 Å². The SMILES string of the molecule is CC(C)(C)OC(=O)N1C(C(=O)O)CCC1c1ccc(OCc2ccccc2)cc1. The summed E-state index contributed by atoms with van der Waals surface area (Å²) in [6.45, 7) is 5.77. The molecule has 0 bridgehead atoms. The van der Waals surface area contributed by atoms with E-state index in [4.69, 9.17) is 9.47 Å². The van der Waals surface area contributed by atoms with Gasteiger partial charge in [-0.25, -0.2) is 9.59 Å². The molecule has 0 radical (unpaired) electrons. The molecular formula is C23H27NO5. The molecule has 2 unspecified atom stereocenters. The molecule has 2 aromatic rings. The first-order valence-electron chi connectivity index (χ1n) is 9.75. The Morgan fingerprint density at radius 1 is 1.03 bits per heavy atom. The highest BCUT2D eigenvalue weighted by molar-refractivity contribution is 5.81. The van der Waals surface area contributed by atoms with Gasteiger partial charge in [0.15, 0.2) is 0 Å². The van der Waals surface area contributed by atoms with Crippen molar-refractivity contribution in [3.63, 3.8) is 0 Å². The number of hydrogen-bond donors (Lipinski definition) is 1. The molecular weight excluding hydrogens is 370 g/mol. The Morgan fingerprint density at radius 3 is 2.28 bits per heavy atom. The fourth-order valence-corrected chi connectivity index (χ4v) is 3.48. The van der Waals surface area contributed by atoms with E-state index in [2.05, 4.69) is 0 Å². The normalized spacial score (nSPS) is 19.1. The zero-order chi connectivity index (χ0) is 21.0. The Kier molecular flexibility index (Phi) is 6.11. The Bertz CT molecular complexity index is 842. The van der Waals surface area contributed by atoms with Crippen molar-refractivity contribution in [2.24, 2.45) is 0 Å². The largest absolute Gasteiger partial charge is 0.489 e. The second kappa shape index (κ2) is 8.55. The second-order valence-electron chi connectivity index (χ2n) is 8.18. The van der Waals surface area contributed by atoms with Gasteiger partial charge in [0, 0.05) is 0 Å². The van der Waals surface area contributed by atoms with Gasteiger partial charge >= 0.3 is 12.1 Å². The van der Waals surface area contributed by atoms with Crippen molar-refractivity contribution in [2.75, 3.05) is 0 Å². The maximum Gasteiger partial charge on any atom is 0.411 e. The van der Waals surface area contributed by atoms with Crippen molar-refractivity contribution in [1.29, 1.82) is 0 Å². The van der Waals surface area contributed by atoms with E-state index in [0.717, 1.165) is 11.1 Å². The van der Waals surface area contributed by atoms with Crippen molar-refractivity contribution in [3.8, 4) is 5.75 Å². The van der Waals surface area contributed by atoms with Crippen LogP contribution in [0.4, 0.5) is 4.79 Å². The first-order valence-corrected chi connectivity index (χ1v) is 9.75. The van der Waals surface area contributed by atoms with Crippen molar-refractivity contribution in [1.82, 2.24) is 4.90 Å². The predicted octanol–water partition coefficient (Wildman–Crippen LogP) is 4.79. The summed E-state index contributed by atoms with van der Waals surface area (Å²) in [5.41, 5.74) is 1.25. The van der Waals surface area contributed by atoms with Gasteiger partial charge in [-0.05, 0) is 56.9 Å². The van der Waals surface area contributed by atoms with Gasteiger partial charge in [-0.2, -0.15) is 0 Å². The number of carboxylic acid groups (broad SMARTS) is 1. The van der Waals surface area contributed by atoms with Crippen LogP contribution in [0.5, 0.6) is 5.75 Å². The lowest BCUT2D eigenvalue weighted by atomic mass is 10.0. The Morgan fingerprint density at radius 2 is 1.69 bits per heavy atom. The Labute approximate surface area is 171 Å². The Hall–Kier alpha value is -3.02. The molecule has 1 aliphatic rings. The summed E-state index contributed by atoms with van der Waals surface area (Å²) in [6.07, 6.45) is 0.364. The van der Waals surface area contributed by atoms with Crippen LogP contribution in [-0.4, -0.2) is 33.7 Å². The standard InChI is InChI=1S/C23H27NO5/c1-23(2,3)29-22(27)24-19(13-14-20(24)21(25)26)17-9-11-18(12-10-17)28-15-16-7-5-4-6-8-16/h4-12,19-20H,13-15H2,1-3H3,(H,25,26). The smallest absolute Gasteiger partial charge is 0.411 e. The molecule has 1 heterocycles. The molecule has 0 saturated carbocycles. The van der Waals surface area contributed by atoms with Crippen LogP contribution in [0, 0.1) is 0 Å². The van der Waals surface area contributed by atoms with Gasteiger partial charge in [0.05, 0.1) is 6.04 Å². The molecule has 0 aliphatic carbocycles. The van der Waals surface area contributed by atoms with Crippen LogP contribution in [-0.2, 0) is 16.1 Å². The lowest BCUT2D eigenvalue weighted by Gasteiger charge is -2.31. The number of nitrogens with zero attached hydrogens (tertiary/aromatic N) is 1. The molecule has 1 amide bonds. The minimum atomic E-state index is -1.01. The zero-order valence-corrected chi connectivity index (χ0v) is 17.0. The molecule has 1 N–H and O–H groups in total. The minimum absolute atomic E-state index is 0.339. The Balaban J connectivity index is 1.73. The molecule has 154 valence electrons. The summed E-state index contributed by atoms with van der Waals surface area (Å²) in [6, 6.07) is 16.1. The number of carboxylic acids is 1. The minimum Gasteiger partial charge on any atom is -0.489 e. The highest BCUT2D eigenvalue weighted by Crippen LogP contribution is 2.38. The van der Waals surface area contributed by atoms with E-state index in [1.165, 1.54) is 4.90 Å². The number of amides is 1. The van der Waals surface area contributed by atoms with Crippen LogP contribution in [0.2, 0.25) is 0 Å². The molecule has 6 heteroatoms. The third-order valence-electron chi connectivity index (χ3n) is 4.79. The number of likely N-dealkylation sites (tertiary alicyclic amines) is 1. The molecule has 1 aliphatic heterocycles. The van der Waals surface area contributed by atoms with Crippen molar-refractivity contribution >= 4 is 12.1 Å². The van der Waals surface area contributed by atoms with Gasteiger partial charge < -0.3 is 14.6 Å². The summed E-state index contributed by atoms with van der Waals surface area (Å²) in [4.78, 5) is 25.7. The maximum absolute atomic E-state index is 12.7. The van der Waals surface area contributed by atoms with Crippen LogP contribution in [0.3, 0.4) is 0 Å². The number of carbonyl (C=O) groups is 2. The molecule has 2 aromatic carbocycles. The fourth-order valence-electron chi connectivity index (χ4n) is 3.48. The average Bonchev–Trinajstić information content (AvgIpc) is 3.12. The summed E-state index contributed by atoms with van der Waals surface area (Å²) < 4.78 is 11.3. The van der Waals surface area contributed by atoms with Crippen LogP contribution in [0.25, 0.3) is 0 Å². The molecule has 6 nitrogen and oxygen atoms in total. The predicted molar refractivity (Wildman–Crippen MR) is 109 cm³/mol. The summed E-state index contributed by atoms with van der Waals surface area (Å²) >= 11 is 0. The lowest BCUT2D eigenvalue weighted by molar-refractivity contribution is -0.142. The van der Waals surface area contributed by atoms with E-state index in [1.807, 2.05) is 54.6 Å². The monoisotopic (exact) mass is 397 g/mol. The first kappa shape index (κ1) is 20.7. The maximum atomic E-state index is 12.7. The molecule has 1 fully saturated rings. The summed E-state index contributed by atoms with van der Waals surface area (Å²) in [7, 11) is 0. The van der Waals surface area contributed by atoms with Crippen LogP contribution in [0.1, 0.15) is 50.8 Å². The number of aliphatic carboxylic acids is 1. The van der Waals surface area contributed by atoms with E-state index < -0.39 is 23.7 Å². The highest BCUT2D eigenvalue weighted by atomic mass is 16.6. The van der Waals surface area contributed by atoms with Gasteiger partial charge in [0.25, 0.3) is 0 Å². The summed E-state index contributed by atoms with van der Waals surface area (Å²) in [5, 5.41) is 9.55. The van der Waals surface area contributed by atoms with Crippen LogP contribution < -0.4 is 4.74 Å². The third-order valence-corrected chi connectivity index (χ3v) is 4.79. The van der Waals surface area contributed by atoms with E-state index in [0.29, 0.717) is 25.2 Å². The molecule has 3 rings (SSSR count). The van der Waals surface area contributed by atoms with Gasteiger partial charge in [0.1, 0.15) is 24.0 Å². The molecule has 2 atom stereocenters. The number of carbonyl (C=O) groups excluding carboxylic acids is 1. The topological polar surface area (TPSA) is 76.1 Å². The molecule has 1 saturated heterocycles. The fraction of sp³-hybridized carbons (Fsp3) is 0.391. The van der Waals surface area contributed by atoms with Gasteiger partial charge in [0.2, 0.25) is 0 Å². The first-order chi connectivity index (χ1) is 13.7. The van der Waals surface area contributed by atoms with E-state index in [1.54, 1.807) is 20.8 Å². The van der Waals surface area contributed by atoms with E-state index in [-0.39, 0.29) is 6.04 Å². The van der Waals surface area contributed by atoms with Gasteiger partial charge in [-0.3, -0.25) is 4.90 Å². The average molecular weight is 397 g/mol. The third kappa shape index (κ3) is 5.28. The zero-order valence-electron chi connectivity index (χ0n) is 17.0. The summed E-state index contributed by atoms with van der Waals surface area (Å²) in [5.74, 6) is -0.296. The molecule has 0 aromatic heterocycles. The van der Waals surface area contributed by atoms with Gasteiger partial charge in [-0.1, -0.05) is 42.5 Å². The molecule has 0 spiro atoms. The number of rotatable bonds is 5. The van der Waals surface area contributed by atoms with Crippen LogP contribution >= 0.6 is 0 Å². The molecule has 29 heavy (non-hydrogen) atoms. The van der Waals surface area contributed by atoms with Crippen molar-refractivity contribution in [2.45, 2.75) is 57.9 Å². The highest BCUT2D eigenvalue weighted by Gasteiger charge is 2.43. The van der Waals surface area contributed by atoms with Crippen molar-refractivity contribution in [3.05, 3.63) is 65.7 Å². The van der Waals surface area contributed by atoms with E-state index in [9.17, 15) is 14.7 Å². The number of ether oxygens (including phenoxy) is 2. The van der Waals surface area contributed by atoms with Gasteiger partial charge in [-0.15, -0.1) is 0 Å². The second-order valence-corrected chi connectivity index (χ2v) is 8.18. The van der Waals surface area contributed by atoms with Crippen LogP contribution in [0.15, 0.2) is 54.6 Å².